The molecule has 18 heavy (non-hydrogen) atoms. The lowest BCUT2D eigenvalue weighted by Gasteiger charge is -2.02. The van der Waals surface area contributed by atoms with Crippen molar-refractivity contribution in [2.45, 2.75) is 20.3 Å². The van der Waals surface area contributed by atoms with Crippen LogP contribution in [0.25, 0.3) is 0 Å². The van der Waals surface area contributed by atoms with Crippen LogP contribution in [-0.4, -0.2) is 15.6 Å². The Bertz CT molecular complexity index is 602. The molecule has 0 aliphatic rings. The number of halogens is 1. The number of nitrogens with zero attached hydrogens (tertiary/aromatic N) is 2. The van der Waals surface area contributed by atoms with Crippen LogP contribution in [0.1, 0.15) is 27.3 Å². The van der Waals surface area contributed by atoms with Crippen LogP contribution in [0.5, 0.6) is 0 Å². The number of hydrogen-bond acceptors (Lipinski definition) is 2. The Kier molecular flexibility index (Phi) is 3.28. The number of Topliss-reactive ketones (excluding diaryl/α,β-unsaturated/α-hetero) is 1. The highest BCUT2D eigenvalue weighted by atomic mass is 19.1. The van der Waals surface area contributed by atoms with Crippen LogP contribution in [0.4, 0.5) is 4.39 Å². The van der Waals surface area contributed by atoms with Crippen LogP contribution in [0.15, 0.2) is 24.3 Å². The second kappa shape index (κ2) is 4.72. The van der Waals surface area contributed by atoms with Gasteiger partial charge in [0.1, 0.15) is 5.82 Å². The molecule has 0 fully saturated rings. The molecule has 1 heterocycles. The third-order valence-corrected chi connectivity index (χ3v) is 3.14. The minimum absolute atomic E-state index is 0.0892. The average molecular weight is 246 g/mol. The van der Waals surface area contributed by atoms with Gasteiger partial charge in [-0.15, -0.1) is 0 Å². The van der Waals surface area contributed by atoms with E-state index in [1.165, 1.54) is 12.1 Å². The lowest BCUT2D eigenvalue weighted by molar-refractivity contribution is 0.0992. The van der Waals surface area contributed by atoms with Gasteiger partial charge in [0.2, 0.25) is 0 Å². The molecule has 0 N–H and O–H groups in total. The van der Waals surface area contributed by atoms with E-state index in [1.807, 2.05) is 20.9 Å². The minimum atomic E-state index is -0.388. The lowest BCUT2D eigenvalue weighted by Crippen LogP contribution is -2.05. The van der Waals surface area contributed by atoms with Gasteiger partial charge in [-0.05, 0) is 26.0 Å². The average Bonchev–Trinajstić information content (AvgIpc) is 2.56. The summed E-state index contributed by atoms with van der Waals surface area (Å²) in [4.78, 5) is 12.1. The third kappa shape index (κ3) is 2.32. The molecule has 4 heteroatoms. The third-order valence-electron chi connectivity index (χ3n) is 3.14. The smallest absolute Gasteiger partial charge is 0.167 e. The van der Waals surface area contributed by atoms with Gasteiger partial charge < -0.3 is 0 Å². The van der Waals surface area contributed by atoms with Gasteiger partial charge in [-0.2, -0.15) is 5.10 Å². The number of benzene rings is 1. The van der Waals surface area contributed by atoms with Crippen LogP contribution < -0.4 is 0 Å². The lowest BCUT2D eigenvalue weighted by atomic mass is 10.0. The van der Waals surface area contributed by atoms with Gasteiger partial charge in [0.25, 0.3) is 0 Å². The van der Waals surface area contributed by atoms with Gasteiger partial charge in [-0.25, -0.2) is 4.39 Å². The SMILES string of the molecule is Cc1nn(C)c(C)c1CC(=O)c1cccc(F)c1. The molecule has 0 saturated heterocycles. The van der Waals surface area contributed by atoms with Crippen LogP contribution >= 0.6 is 0 Å². The molecule has 3 nitrogen and oxygen atoms in total. The Balaban J connectivity index is 2.27. The largest absolute Gasteiger partial charge is 0.294 e. The quantitative estimate of drug-likeness (QED) is 0.780. The summed E-state index contributed by atoms with van der Waals surface area (Å²) in [7, 11) is 1.85. The summed E-state index contributed by atoms with van der Waals surface area (Å²) < 4.78 is 14.8. The van der Waals surface area contributed by atoms with Crippen molar-refractivity contribution in [3.8, 4) is 0 Å². The summed E-state index contributed by atoms with van der Waals surface area (Å²) in [5.74, 6) is -0.478. The highest BCUT2D eigenvalue weighted by Gasteiger charge is 2.15. The fourth-order valence-electron chi connectivity index (χ4n) is 2.00. The monoisotopic (exact) mass is 246 g/mol. The number of carbonyl (C=O) groups excluding carboxylic acids is 1. The van der Waals surface area contributed by atoms with Crippen LogP contribution in [0.2, 0.25) is 0 Å². The van der Waals surface area contributed by atoms with Crippen molar-refractivity contribution in [3.63, 3.8) is 0 Å². The highest BCUT2D eigenvalue weighted by Crippen LogP contribution is 2.15. The summed E-state index contributed by atoms with van der Waals surface area (Å²) in [6.45, 7) is 3.80. The number of hydrogen-bond donors (Lipinski definition) is 0. The first-order chi connectivity index (χ1) is 8.49. The Morgan fingerprint density at radius 2 is 2.11 bits per heavy atom. The Morgan fingerprint density at radius 1 is 1.39 bits per heavy atom. The van der Waals surface area contributed by atoms with E-state index in [-0.39, 0.29) is 18.0 Å². The molecular formula is C14H15FN2O. The maximum atomic E-state index is 13.1. The first-order valence-corrected chi connectivity index (χ1v) is 5.77. The van der Waals surface area contributed by atoms with Crippen LogP contribution in [-0.2, 0) is 13.5 Å². The Hall–Kier alpha value is -1.97. The van der Waals surface area contributed by atoms with Gasteiger partial charge in [0.15, 0.2) is 5.78 Å². The summed E-state index contributed by atoms with van der Waals surface area (Å²) in [5, 5.41) is 4.27. The topological polar surface area (TPSA) is 34.9 Å². The molecule has 0 unspecified atom stereocenters. The second-order valence-corrected chi connectivity index (χ2v) is 4.38. The molecule has 0 atom stereocenters. The number of aryl methyl sites for hydroxylation is 2. The number of aromatic nitrogens is 2. The standard InChI is InChI=1S/C14H15FN2O/c1-9-13(10(2)17(3)16-9)8-14(18)11-5-4-6-12(15)7-11/h4-7H,8H2,1-3H3. The highest BCUT2D eigenvalue weighted by molar-refractivity contribution is 5.97. The fraction of sp³-hybridized carbons (Fsp3) is 0.286. The van der Waals surface area contributed by atoms with E-state index in [0.29, 0.717) is 5.56 Å². The molecule has 0 aliphatic heterocycles. The number of carbonyl (C=O) groups is 1. The van der Waals surface area contributed by atoms with Crippen molar-refractivity contribution in [2.24, 2.45) is 7.05 Å². The van der Waals surface area contributed by atoms with Crippen LogP contribution in [0.3, 0.4) is 0 Å². The summed E-state index contributed by atoms with van der Waals surface area (Å²) >= 11 is 0. The molecule has 0 amide bonds. The normalized spacial score (nSPS) is 10.7. The van der Waals surface area contributed by atoms with E-state index in [4.69, 9.17) is 0 Å². The van der Waals surface area contributed by atoms with Crippen molar-refractivity contribution in [2.75, 3.05) is 0 Å². The van der Waals surface area contributed by atoms with Gasteiger partial charge in [-0.1, -0.05) is 12.1 Å². The Morgan fingerprint density at radius 3 is 2.67 bits per heavy atom. The first-order valence-electron chi connectivity index (χ1n) is 5.77. The second-order valence-electron chi connectivity index (χ2n) is 4.38. The van der Waals surface area contributed by atoms with Crippen molar-refractivity contribution in [1.82, 2.24) is 9.78 Å². The van der Waals surface area contributed by atoms with E-state index in [1.54, 1.807) is 16.8 Å². The zero-order valence-corrected chi connectivity index (χ0v) is 10.7. The predicted molar refractivity (Wildman–Crippen MR) is 67.1 cm³/mol. The zero-order valence-electron chi connectivity index (χ0n) is 10.7. The van der Waals surface area contributed by atoms with E-state index in [9.17, 15) is 9.18 Å². The summed E-state index contributed by atoms with van der Waals surface area (Å²) in [6.07, 6.45) is 0.259. The zero-order chi connectivity index (χ0) is 13.3. The molecule has 0 radical (unpaired) electrons. The minimum Gasteiger partial charge on any atom is -0.294 e. The van der Waals surface area contributed by atoms with Crippen molar-refractivity contribution in [3.05, 3.63) is 52.6 Å². The molecule has 94 valence electrons. The maximum Gasteiger partial charge on any atom is 0.167 e. The van der Waals surface area contributed by atoms with E-state index >= 15 is 0 Å². The summed E-state index contributed by atoms with van der Waals surface area (Å²) in [6, 6.07) is 5.78. The molecule has 2 rings (SSSR count). The molecule has 0 bridgehead atoms. The fourth-order valence-corrected chi connectivity index (χ4v) is 2.00. The van der Waals surface area contributed by atoms with Gasteiger partial charge in [-0.3, -0.25) is 9.48 Å². The van der Waals surface area contributed by atoms with Crippen LogP contribution in [0, 0.1) is 19.7 Å². The predicted octanol–water partition coefficient (Wildman–Crippen LogP) is 2.60. The molecular weight excluding hydrogens is 231 g/mol. The molecule has 1 aromatic carbocycles. The number of rotatable bonds is 3. The molecule has 1 aromatic heterocycles. The van der Waals surface area contributed by atoms with Gasteiger partial charge in [0, 0.05) is 30.3 Å². The van der Waals surface area contributed by atoms with E-state index in [2.05, 4.69) is 5.10 Å². The molecule has 0 aliphatic carbocycles. The molecule has 0 spiro atoms. The maximum absolute atomic E-state index is 13.1. The Labute approximate surface area is 105 Å². The van der Waals surface area contributed by atoms with Crippen molar-refractivity contribution < 1.29 is 9.18 Å². The molecule has 2 aromatic rings. The van der Waals surface area contributed by atoms with Crippen molar-refractivity contribution in [1.29, 1.82) is 0 Å². The van der Waals surface area contributed by atoms with Gasteiger partial charge >= 0.3 is 0 Å². The first kappa shape index (κ1) is 12.5. The van der Waals surface area contributed by atoms with Crippen molar-refractivity contribution >= 4 is 5.78 Å². The summed E-state index contributed by atoms with van der Waals surface area (Å²) in [5.41, 5.74) is 3.14. The van der Waals surface area contributed by atoms with E-state index < -0.39 is 0 Å². The van der Waals surface area contributed by atoms with E-state index in [0.717, 1.165) is 17.0 Å². The molecule has 0 saturated carbocycles. The van der Waals surface area contributed by atoms with Gasteiger partial charge in [0.05, 0.1) is 5.69 Å². The number of ketones is 1.